The summed E-state index contributed by atoms with van der Waals surface area (Å²) in [5.41, 5.74) is 3.52. The van der Waals surface area contributed by atoms with Gasteiger partial charge in [0, 0.05) is 46.7 Å². The Morgan fingerprint density at radius 1 is 1.24 bits per heavy atom. The average molecular weight is 404 g/mol. The fourth-order valence-corrected chi connectivity index (χ4v) is 4.31. The number of pyridine rings is 1. The summed E-state index contributed by atoms with van der Waals surface area (Å²) < 4.78 is 1.97. The Morgan fingerprint density at radius 3 is 2.76 bits per heavy atom. The summed E-state index contributed by atoms with van der Waals surface area (Å²) in [5, 5.41) is 10.0. The van der Waals surface area contributed by atoms with Crippen molar-refractivity contribution < 1.29 is 4.79 Å². The fraction of sp³-hybridized carbons (Fsp3) is 0.182. The van der Waals surface area contributed by atoms with Gasteiger partial charge in [0.2, 0.25) is 0 Å². The van der Waals surface area contributed by atoms with Crippen LogP contribution in [0.2, 0.25) is 0 Å². The van der Waals surface area contributed by atoms with Gasteiger partial charge in [-0.05, 0) is 32.0 Å². The molecule has 6 nitrogen and oxygen atoms in total. The van der Waals surface area contributed by atoms with Gasteiger partial charge in [-0.1, -0.05) is 36.0 Å². The highest BCUT2D eigenvalue weighted by molar-refractivity contribution is 8.00. The van der Waals surface area contributed by atoms with Gasteiger partial charge in [-0.3, -0.25) is 14.3 Å². The number of carbonyl (C=O) groups is 1. The van der Waals surface area contributed by atoms with Crippen LogP contribution >= 0.6 is 11.8 Å². The number of aromatic nitrogens is 5. The average Bonchev–Trinajstić information content (AvgIpc) is 3.28. The number of ketones is 1. The van der Waals surface area contributed by atoms with Gasteiger partial charge in [-0.25, -0.2) is 0 Å². The Morgan fingerprint density at radius 2 is 2.00 bits per heavy atom. The van der Waals surface area contributed by atoms with Crippen molar-refractivity contribution in [2.75, 3.05) is 0 Å². The van der Waals surface area contributed by atoms with Crippen molar-refractivity contribution in [1.82, 2.24) is 24.7 Å². The summed E-state index contributed by atoms with van der Waals surface area (Å²) in [4.78, 5) is 20.6. The summed E-state index contributed by atoms with van der Waals surface area (Å²) in [7, 11) is 0. The van der Waals surface area contributed by atoms with Gasteiger partial charge < -0.3 is 4.98 Å². The normalized spacial score (nSPS) is 12.2. The molecule has 0 aliphatic heterocycles. The minimum Gasteiger partial charge on any atom is -0.358 e. The predicted molar refractivity (Wildman–Crippen MR) is 116 cm³/mol. The van der Waals surface area contributed by atoms with Crippen LogP contribution in [0.4, 0.5) is 0 Å². The largest absolute Gasteiger partial charge is 0.358 e. The Kier molecular flexibility index (Phi) is 5.31. The number of carbonyl (C=O) groups excluding carboxylic acids is 1. The van der Waals surface area contributed by atoms with Gasteiger partial charge in [0.1, 0.15) is 0 Å². The molecule has 0 fully saturated rings. The third-order valence-corrected chi connectivity index (χ3v) is 5.84. The number of nitrogens with zero attached hydrogens (tertiary/aromatic N) is 4. The lowest BCUT2D eigenvalue weighted by atomic mass is 10.1. The van der Waals surface area contributed by atoms with E-state index < -0.39 is 0 Å². The van der Waals surface area contributed by atoms with Crippen molar-refractivity contribution >= 4 is 28.4 Å². The first-order valence-corrected chi connectivity index (χ1v) is 10.2. The summed E-state index contributed by atoms with van der Waals surface area (Å²) in [6.07, 6.45) is 5.25. The fourth-order valence-electron chi connectivity index (χ4n) is 3.39. The molecule has 29 heavy (non-hydrogen) atoms. The maximum Gasteiger partial charge on any atom is 0.192 e. The third-order valence-electron chi connectivity index (χ3n) is 4.76. The Hall–Kier alpha value is -3.19. The maximum absolute atomic E-state index is 13.3. The number of hydrogen-bond acceptors (Lipinski definition) is 5. The van der Waals surface area contributed by atoms with Crippen LogP contribution in [0.15, 0.2) is 66.6 Å². The summed E-state index contributed by atoms with van der Waals surface area (Å²) >= 11 is 1.41. The first-order valence-electron chi connectivity index (χ1n) is 9.32. The molecule has 3 heterocycles. The molecular weight excluding hydrogens is 382 g/mol. The number of benzene rings is 1. The number of fused-ring (bicyclic) bond motifs is 1. The molecular formula is C22H21N5OS. The lowest BCUT2D eigenvalue weighted by Gasteiger charge is -2.12. The lowest BCUT2D eigenvalue weighted by molar-refractivity contribution is 0.0995. The number of Topliss-reactive ketones (excluding diaryl/α,β-unsaturated/α-hetero) is 1. The number of nitrogens with one attached hydrogen (secondary N) is 1. The second-order valence-corrected chi connectivity index (χ2v) is 8.04. The molecule has 4 rings (SSSR count). The van der Waals surface area contributed by atoms with E-state index in [1.54, 1.807) is 18.5 Å². The molecule has 0 saturated heterocycles. The SMILES string of the molecule is C=CCn1c(S[C@H](C)C(=O)c2c(C)[nH]c3ccccc23)nnc1-c1ccncc1. The van der Waals surface area contributed by atoms with Crippen molar-refractivity contribution in [3.63, 3.8) is 0 Å². The van der Waals surface area contributed by atoms with Crippen molar-refractivity contribution in [1.29, 1.82) is 0 Å². The van der Waals surface area contributed by atoms with Crippen LogP contribution in [-0.4, -0.2) is 35.8 Å². The number of hydrogen-bond donors (Lipinski definition) is 1. The van der Waals surface area contributed by atoms with Crippen molar-refractivity contribution in [3.8, 4) is 11.4 Å². The molecule has 1 aromatic carbocycles. The Bertz CT molecular complexity index is 1180. The highest BCUT2D eigenvalue weighted by Crippen LogP contribution is 2.31. The van der Waals surface area contributed by atoms with Crippen molar-refractivity contribution in [2.24, 2.45) is 0 Å². The van der Waals surface area contributed by atoms with Crippen LogP contribution in [0.3, 0.4) is 0 Å². The van der Waals surface area contributed by atoms with Gasteiger partial charge in [0.15, 0.2) is 16.8 Å². The van der Waals surface area contributed by atoms with E-state index in [1.165, 1.54) is 11.8 Å². The molecule has 0 spiro atoms. The third kappa shape index (κ3) is 3.61. The van der Waals surface area contributed by atoms with Crippen LogP contribution in [0, 0.1) is 6.92 Å². The quantitative estimate of drug-likeness (QED) is 0.275. The van der Waals surface area contributed by atoms with E-state index >= 15 is 0 Å². The van der Waals surface area contributed by atoms with Crippen LogP contribution < -0.4 is 0 Å². The van der Waals surface area contributed by atoms with E-state index in [4.69, 9.17) is 0 Å². The number of H-pyrrole nitrogens is 1. The van der Waals surface area contributed by atoms with Crippen LogP contribution in [0.5, 0.6) is 0 Å². The Labute approximate surface area is 173 Å². The van der Waals surface area contributed by atoms with E-state index in [2.05, 4.69) is 26.7 Å². The summed E-state index contributed by atoms with van der Waals surface area (Å²) in [6, 6.07) is 11.7. The summed E-state index contributed by atoms with van der Waals surface area (Å²) in [5.74, 6) is 0.807. The maximum atomic E-state index is 13.3. The molecule has 146 valence electrons. The van der Waals surface area contributed by atoms with Gasteiger partial charge in [0.25, 0.3) is 0 Å². The van der Waals surface area contributed by atoms with Crippen molar-refractivity contribution in [2.45, 2.75) is 30.8 Å². The minimum absolute atomic E-state index is 0.0727. The van der Waals surface area contributed by atoms with E-state index in [1.807, 2.05) is 54.8 Å². The molecule has 0 aliphatic rings. The predicted octanol–water partition coefficient (Wildman–Crippen LogP) is 4.68. The molecule has 1 N–H and O–H groups in total. The molecule has 0 unspecified atom stereocenters. The standard InChI is InChI=1S/C22H21N5OS/c1-4-13-27-21(16-9-11-23-12-10-16)25-26-22(27)29-15(3)20(28)19-14(2)24-18-8-6-5-7-17(18)19/h4-12,15,24H,1,13H2,2-3H3/t15-/m1/s1. The first kappa shape index (κ1) is 19.1. The second kappa shape index (κ2) is 8.05. The highest BCUT2D eigenvalue weighted by atomic mass is 32.2. The smallest absolute Gasteiger partial charge is 0.192 e. The van der Waals surface area contributed by atoms with Gasteiger partial charge in [-0.2, -0.15) is 0 Å². The molecule has 0 bridgehead atoms. The van der Waals surface area contributed by atoms with E-state index in [9.17, 15) is 4.79 Å². The molecule has 0 saturated carbocycles. The lowest BCUT2D eigenvalue weighted by Crippen LogP contribution is -2.15. The number of allylic oxidation sites excluding steroid dienone is 1. The zero-order chi connectivity index (χ0) is 20.4. The molecule has 0 aliphatic carbocycles. The van der Waals surface area contributed by atoms with E-state index in [0.717, 1.165) is 33.5 Å². The zero-order valence-electron chi connectivity index (χ0n) is 16.3. The number of rotatable bonds is 7. The van der Waals surface area contributed by atoms with Crippen LogP contribution in [0.1, 0.15) is 23.0 Å². The van der Waals surface area contributed by atoms with Crippen LogP contribution in [0.25, 0.3) is 22.3 Å². The van der Waals surface area contributed by atoms with E-state index in [0.29, 0.717) is 11.7 Å². The molecule has 1 atom stereocenters. The van der Waals surface area contributed by atoms with E-state index in [-0.39, 0.29) is 11.0 Å². The monoisotopic (exact) mass is 403 g/mol. The van der Waals surface area contributed by atoms with Crippen molar-refractivity contribution in [3.05, 3.63) is 72.7 Å². The number of para-hydroxylation sites is 1. The minimum atomic E-state index is -0.314. The van der Waals surface area contributed by atoms with Gasteiger partial charge in [-0.15, -0.1) is 16.8 Å². The molecule has 0 amide bonds. The number of aryl methyl sites for hydroxylation is 1. The first-order chi connectivity index (χ1) is 14.1. The number of aromatic amines is 1. The topological polar surface area (TPSA) is 76.5 Å². The Balaban J connectivity index is 1.65. The van der Waals surface area contributed by atoms with Gasteiger partial charge >= 0.3 is 0 Å². The molecule has 7 heteroatoms. The molecule has 4 aromatic rings. The molecule has 0 radical (unpaired) electrons. The molecule has 3 aromatic heterocycles. The zero-order valence-corrected chi connectivity index (χ0v) is 17.1. The second-order valence-electron chi connectivity index (χ2n) is 6.74. The highest BCUT2D eigenvalue weighted by Gasteiger charge is 2.25. The van der Waals surface area contributed by atoms with Gasteiger partial charge in [0.05, 0.1) is 5.25 Å². The summed E-state index contributed by atoms with van der Waals surface area (Å²) in [6.45, 7) is 8.25. The number of thioether (sulfide) groups is 1. The van der Waals surface area contributed by atoms with Crippen LogP contribution in [-0.2, 0) is 6.54 Å².